The molecule has 0 aromatic heterocycles. The fourth-order valence-electron chi connectivity index (χ4n) is 5.05. The zero-order valence-electron chi connectivity index (χ0n) is 18.9. The third-order valence-corrected chi connectivity index (χ3v) is 6.91. The number of unbranched alkanes of at least 4 members (excludes halogenated alkanes) is 4. The third kappa shape index (κ3) is 9.35. The average molecular weight is 441 g/mol. The SMILES string of the molecule is CC1NC(CC(CC=O)CCCCCCCC(O)CC(=O)O)C([NH+]2CC=NC2)CC1O. The number of carbonyl (C=O) groups excluding carboxylic acids is 1. The van der Waals surface area contributed by atoms with Crippen molar-refractivity contribution in [2.45, 2.75) is 108 Å². The molecule has 0 spiro atoms. The van der Waals surface area contributed by atoms with E-state index in [0.717, 1.165) is 70.9 Å². The van der Waals surface area contributed by atoms with Crippen LogP contribution in [0.4, 0.5) is 0 Å². The van der Waals surface area contributed by atoms with E-state index in [4.69, 9.17) is 5.11 Å². The van der Waals surface area contributed by atoms with Crippen molar-refractivity contribution in [2.75, 3.05) is 13.2 Å². The molecule has 0 amide bonds. The Bertz CT molecular complexity index is 565. The van der Waals surface area contributed by atoms with E-state index in [2.05, 4.69) is 10.3 Å². The van der Waals surface area contributed by atoms with Crippen molar-refractivity contribution in [3.05, 3.63) is 0 Å². The van der Waals surface area contributed by atoms with E-state index < -0.39 is 12.1 Å². The summed E-state index contributed by atoms with van der Waals surface area (Å²) in [5, 5.41) is 32.2. The Labute approximate surface area is 186 Å². The number of aldehydes is 1. The van der Waals surface area contributed by atoms with Crippen LogP contribution >= 0.6 is 0 Å². The first kappa shape index (κ1) is 25.9. The number of hydrogen-bond acceptors (Lipinski definition) is 6. The van der Waals surface area contributed by atoms with Crippen LogP contribution in [0.5, 0.6) is 0 Å². The Morgan fingerprint density at radius 1 is 1.26 bits per heavy atom. The predicted octanol–water partition coefficient (Wildman–Crippen LogP) is 0.555. The van der Waals surface area contributed by atoms with Crippen molar-refractivity contribution in [3.63, 3.8) is 0 Å². The van der Waals surface area contributed by atoms with Gasteiger partial charge in [0.25, 0.3) is 0 Å². The smallest absolute Gasteiger partial charge is 0.305 e. The topological polar surface area (TPSA) is 124 Å². The quantitative estimate of drug-likeness (QED) is 0.187. The Morgan fingerprint density at radius 3 is 2.61 bits per heavy atom. The maximum Gasteiger partial charge on any atom is 0.305 e. The van der Waals surface area contributed by atoms with E-state index in [0.29, 0.717) is 24.8 Å². The molecule has 7 unspecified atom stereocenters. The largest absolute Gasteiger partial charge is 0.481 e. The minimum Gasteiger partial charge on any atom is -0.481 e. The van der Waals surface area contributed by atoms with Crippen molar-refractivity contribution < 1.29 is 29.8 Å². The number of aliphatic hydroxyl groups excluding tert-OH is 2. The molecule has 0 aliphatic carbocycles. The van der Waals surface area contributed by atoms with E-state index in [1.54, 1.807) is 0 Å². The molecule has 178 valence electrons. The highest BCUT2D eigenvalue weighted by Gasteiger charge is 2.40. The van der Waals surface area contributed by atoms with Gasteiger partial charge in [-0.2, -0.15) is 0 Å². The molecule has 0 bridgehead atoms. The molecule has 8 heteroatoms. The van der Waals surface area contributed by atoms with Crippen molar-refractivity contribution in [1.82, 2.24) is 5.32 Å². The standard InChI is InChI=1S/C23H41N3O5/c1-17-22(29)15-21(26-11-10-24-16-26)20(25-17)13-18(9-12-27)7-5-3-2-4-6-8-19(28)14-23(30)31/h10,12,17-22,25,28-29H,2-9,11,13-16H2,1H3,(H,30,31)/p+1. The fourth-order valence-corrected chi connectivity index (χ4v) is 5.05. The molecule has 2 heterocycles. The van der Waals surface area contributed by atoms with Gasteiger partial charge in [-0.3, -0.25) is 4.79 Å². The van der Waals surface area contributed by atoms with Crippen LogP contribution in [0.25, 0.3) is 0 Å². The predicted molar refractivity (Wildman–Crippen MR) is 119 cm³/mol. The van der Waals surface area contributed by atoms with Crippen LogP contribution in [0.15, 0.2) is 4.99 Å². The molecule has 8 nitrogen and oxygen atoms in total. The summed E-state index contributed by atoms with van der Waals surface area (Å²) in [5.74, 6) is -0.605. The Kier molecular flexibility index (Phi) is 11.6. The summed E-state index contributed by atoms with van der Waals surface area (Å²) < 4.78 is 0. The van der Waals surface area contributed by atoms with Gasteiger partial charge in [-0.25, -0.2) is 4.99 Å². The Balaban J connectivity index is 1.71. The van der Waals surface area contributed by atoms with Gasteiger partial charge in [0.15, 0.2) is 6.67 Å². The normalized spacial score (nSPS) is 30.2. The number of quaternary nitrogens is 1. The molecule has 2 aliphatic rings. The molecule has 1 saturated heterocycles. The number of carboxylic acids is 1. The number of carboxylic acid groups (broad SMARTS) is 1. The summed E-state index contributed by atoms with van der Waals surface area (Å²) in [6.07, 6.45) is 10.7. The van der Waals surface area contributed by atoms with Crippen molar-refractivity contribution in [2.24, 2.45) is 10.9 Å². The zero-order valence-corrected chi connectivity index (χ0v) is 18.9. The first-order valence-electron chi connectivity index (χ1n) is 12.0. The Hall–Kier alpha value is -1.35. The third-order valence-electron chi connectivity index (χ3n) is 6.91. The number of nitrogens with zero attached hydrogens (tertiary/aromatic N) is 1. The molecule has 2 rings (SSSR count). The molecular formula is C23H42N3O5+. The van der Waals surface area contributed by atoms with Crippen LogP contribution in [0.2, 0.25) is 0 Å². The zero-order chi connectivity index (χ0) is 22.6. The second-order valence-corrected chi connectivity index (χ2v) is 9.46. The maximum absolute atomic E-state index is 11.3. The number of aliphatic imine (C=N–C) groups is 1. The number of nitrogens with one attached hydrogen (secondary N) is 2. The highest BCUT2D eigenvalue weighted by Crippen LogP contribution is 2.24. The summed E-state index contributed by atoms with van der Waals surface area (Å²) in [7, 11) is 0. The maximum atomic E-state index is 11.3. The molecule has 7 atom stereocenters. The van der Waals surface area contributed by atoms with Gasteiger partial charge in [-0.15, -0.1) is 0 Å². The number of hydrogen-bond donors (Lipinski definition) is 5. The van der Waals surface area contributed by atoms with Gasteiger partial charge in [-0.1, -0.05) is 32.1 Å². The van der Waals surface area contributed by atoms with Crippen LogP contribution in [0, 0.1) is 5.92 Å². The highest BCUT2D eigenvalue weighted by atomic mass is 16.4. The monoisotopic (exact) mass is 440 g/mol. The summed E-state index contributed by atoms with van der Waals surface area (Å²) in [4.78, 5) is 27.6. The van der Waals surface area contributed by atoms with Crippen LogP contribution in [-0.4, -0.2) is 77.3 Å². The van der Waals surface area contributed by atoms with E-state index >= 15 is 0 Å². The lowest BCUT2D eigenvalue weighted by molar-refractivity contribution is -0.914. The minimum atomic E-state index is -0.953. The molecule has 0 aromatic carbocycles. The second kappa shape index (κ2) is 13.9. The molecule has 31 heavy (non-hydrogen) atoms. The summed E-state index contributed by atoms with van der Waals surface area (Å²) in [6, 6.07) is 0.674. The first-order chi connectivity index (χ1) is 14.9. The molecule has 2 aliphatic heterocycles. The second-order valence-electron chi connectivity index (χ2n) is 9.46. The van der Waals surface area contributed by atoms with E-state index in [1.807, 2.05) is 13.1 Å². The van der Waals surface area contributed by atoms with Gasteiger partial charge in [0.1, 0.15) is 18.9 Å². The van der Waals surface area contributed by atoms with Gasteiger partial charge in [0.2, 0.25) is 0 Å². The lowest BCUT2D eigenvalue weighted by Crippen LogP contribution is -3.16. The Morgan fingerprint density at radius 2 is 1.97 bits per heavy atom. The van der Waals surface area contributed by atoms with Crippen molar-refractivity contribution >= 4 is 18.5 Å². The highest BCUT2D eigenvalue weighted by molar-refractivity contribution is 5.67. The van der Waals surface area contributed by atoms with Crippen LogP contribution in [0.1, 0.15) is 77.6 Å². The number of aliphatic carboxylic acids is 1. The van der Waals surface area contributed by atoms with E-state index in [9.17, 15) is 19.8 Å². The molecule has 0 radical (unpaired) electrons. The molecule has 0 aromatic rings. The number of rotatable bonds is 15. The van der Waals surface area contributed by atoms with Gasteiger partial charge in [0.05, 0.1) is 30.9 Å². The number of aliphatic hydroxyl groups is 2. The summed E-state index contributed by atoms with van der Waals surface area (Å²) in [6.45, 7) is 3.71. The lowest BCUT2D eigenvalue weighted by atomic mass is 9.83. The lowest BCUT2D eigenvalue weighted by Gasteiger charge is -2.42. The number of piperidine rings is 1. The molecular weight excluding hydrogens is 398 g/mol. The van der Waals surface area contributed by atoms with Crippen molar-refractivity contribution in [3.8, 4) is 0 Å². The van der Waals surface area contributed by atoms with Crippen LogP contribution in [-0.2, 0) is 9.59 Å². The van der Waals surface area contributed by atoms with Crippen LogP contribution < -0.4 is 10.2 Å². The molecule has 0 saturated carbocycles. The van der Waals surface area contributed by atoms with E-state index in [-0.39, 0.29) is 24.6 Å². The molecule has 1 fully saturated rings. The number of carbonyl (C=O) groups is 2. The van der Waals surface area contributed by atoms with Gasteiger partial charge < -0.3 is 30.3 Å². The minimum absolute atomic E-state index is 0.0672. The summed E-state index contributed by atoms with van der Waals surface area (Å²) in [5.41, 5.74) is 0. The molecule has 5 N–H and O–H groups in total. The van der Waals surface area contributed by atoms with Gasteiger partial charge in [-0.05, 0) is 32.1 Å². The summed E-state index contributed by atoms with van der Waals surface area (Å²) >= 11 is 0. The van der Waals surface area contributed by atoms with Gasteiger partial charge in [0, 0.05) is 18.9 Å². The van der Waals surface area contributed by atoms with Crippen molar-refractivity contribution in [1.29, 1.82) is 0 Å². The van der Waals surface area contributed by atoms with Gasteiger partial charge >= 0.3 is 5.97 Å². The van der Waals surface area contributed by atoms with E-state index in [1.165, 1.54) is 4.90 Å². The first-order valence-corrected chi connectivity index (χ1v) is 12.0. The van der Waals surface area contributed by atoms with Crippen LogP contribution in [0.3, 0.4) is 0 Å². The fraction of sp³-hybridized carbons (Fsp3) is 0.870. The average Bonchev–Trinajstić information content (AvgIpc) is 3.24.